The summed E-state index contributed by atoms with van der Waals surface area (Å²) in [6, 6.07) is 19.8. The van der Waals surface area contributed by atoms with Crippen LogP contribution in [0.15, 0.2) is 72.9 Å². The average Bonchev–Trinajstić information content (AvgIpc) is 2.77. The quantitative estimate of drug-likeness (QED) is 0.668. The Balaban J connectivity index is 1.40. The Morgan fingerprint density at radius 3 is 2.76 bits per heavy atom. The fourth-order valence-corrected chi connectivity index (χ4v) is 4.25. The number of ether oxygens (including phenoxy) is 2. The lowest BCUT2D eigenvalue weighted by Gasteiger charge is -2.43. The van der Waals surface area contributed by atoms with E-state index in [1.165, 1.54) is 11.1 Å². The van der Waals surface area contributed by atoms with Gasteiger partial charge in [-0.25, -0.2) is 4.79 Å². The number of morpholine rings is 1. The van der Waals surface area contributed by atoms with E-state index in [-0.39, 0.29) is 24.8 Å². The number of carbonyl (C=O) groups is 1. The molecule has 0 aliphatic carbocycles. The second-order valence-corrected chi connectivity index (χ2v) is 7.48. The highest BCUT2D eigenvalue weighted by atomic mass is 16.6. The Morgan fingerprint density at radius 1 is 1.07 bits per heavy atom. The van der Waals surface area contributed by atoms with Crippen LogP contribution in [-0.4, -0.2) is 41.3 Å². The molecule has 2 atom stereocenters. The number of hydrogen-bond donors (Lipinski definition) is 0. The maximum absolute atomic E-state index is 12.8. The van der Waals surface area contributed by atoms with Crippen LogP contribution < -0.4 is 0 Å². The molecule has 0 saturated carbocycles. The highest BCUT2D eigenvalue weighted by Crippen LogP contribution is 2.35. The number of rotatable bonds is 3. The van der Waals surface area contributed by atoms with Gasteiger partial charge in [0, 0.05) is 11.6 Å². The van der Waals surface area contributed by atoms with Crippen molar-refractivity contribution in [2.24, 2.45) is 0 Å². The van der Waals surface area contributed by atoms with Crippen LogP contribution in [0.1, 0.15) is 17.5 Å². The maximum Gasteiger partial charge on any atom is 0.411 e. The molecule has 2 aromatic carbocycles. The van der Waals surface area contributed by atoms with Crippen molar-refractivity contribution < 1.29 is 14.3 Å². The Kier molecular flexibility index (Phi) is 4.74. The van der Waals surface area contributed by atoms with Crippen LogP contribution in [0, 0.1) is 0 Å². The molecular weight excluding hydrogens is 364 g/mol. The molecule has 3 aromatic rings. The third kappa shape index (κ3) is 3.49. The summed E-state index contributed by atoms with van der Waals surface area (Å²) in [5, 5.41) is 1.14. The number of nitrogens with zero attached hydrogens (tertiary/aromatic N) is 2. The van der Waals surface area contributed by atoms with Gasteiger partial charge in [-0.1, -0.05) is 54.6 Å². The molecule has 1 fully saturated rings. The Labute approximate surface area is 169 Å². The van der Waals surface area contributed by atoms with Crippen molar-refractivity contribution >= 4 is 22.6 Å². The van der Waals surface area contributed by atoms with Crippen LogP contribution in [0.4, 0.5) is 4.79 Å². The number of amides is 1. The zero-order chi connectivity index (χ0) is 19.6. The minimum absolute atomic E-state index is 0.0241. The van der Waals surface area contributed by atoms with Crippen LogP contribution in [0.3, 0.4) is 0 Å². The summed E-state index contributed by atoms with van der Waals surface area (Å²) in [7, 11) is 0. The molecule has 146 valence electrons. The van der Waals surface area contributed by atoms with Gasteiger partial charge in [-0.05, 0) is 35.3 Å². The Morgan fingerprint density at radius 2 is 1.90 bits per heavy atom. The standard InChI is InChI=1S/C24H22N2O3/c27-24(29-14-17-6-2-1-3-7-17)26-19-12-18(13-20(26)16-28-15-19)21-10-11-25-23-9-5-4-8-22(21)23/h1-12,19-20H,13-16H2. The third-order valence-electron chi connectivity index (χ3n) is 5.61. The molecule has 5 rings (SSSR count). The molecule has 3 heterocycles. The van der Waals surface area contributed by atoms with Gasteiger partial charge in [0.05, 0.1) is 30.8 Å². The molecule has 5 nitrogen and oxygen atoms in total. The molecule has 2 aliphatic heterocycles. The average molecular weight is 386 g/mol. The number of fused-ring (bicyclic) bond motifs is 3. The number of hydrogen-bond acceptors (Lipinski definition) is 4. The molecule has 0 N–H and O–H groups in total. The molecule has 0 radical (unpaired) electrons. The van der Waals surface area contributed by atoms with Crippen LogP contribution >= 0.6 is 0 Å². The van der Waals surface area contributed by atoms with Crippen molar-refractivity contribution in [3.8, 4) is 0 Å². The van der Waals surface area contributed by atoms with E-state index in [9.17, 15) is 4.79 Å². The lowest BCUT2D eigenvalue weighted by molar-refractivity contribution is -0.0342. The van der Waals surface area contributed by atoms with Gasteiger partial charge in [0.25, 0.3) is 0 Å². The Hall–Kier alpha value is -3.18. The first-order chi connectivity index (χ1) is 14.3. The molecule has 1 saturated heterocycles. The number of benzene rings is 2. The molecule has 1 amide bonds. The van der Waals surface area contributed by atoms with Crippen LogP contribution in [-0.2, 0) is 16.1 Å². The van der Waals surface area contributed by atoms with Crippen LogP contribution in [0.25, 0.3) is 16.5 Å². The summed E-state index contributed by atoms with van der Waals surface area (Å²) in [6.45, 7) is 1.29. The summed E-state index contributed by atoms with van der Waals surface area (Å²) < 4.78 is 11.4. The van der Waals surface area contributed by atoms with E-state index < -0.39 is 0 Å². The highest BCUT2D eigenvalue weighted by molar-refractivity contribution is 5.92. The smallest absolute Gasteiger partial charge is 0.411 e. The number of pyridine rings is 1. The first kappa shape index (κ1) is 17.9. The van der Waals surface area contributed by atoms with Gasteiger partial charge >= 0.3 is 6.09 Å². The van der Waals surface area contributed by atoms with Crippen molar-refractivity contribution in [2.45, 2.75) is 25.1 Å². The van der Waals surface area contributed by atoms with Gasteiger partial charge in [-0.2, -0.15) is 0 Å². The van der Waals surface area contributed by atoms with E-state index in [0.29, 0.717) is 13.2 Å². The van der Waals surface area contributed by atoms with Crippen molar-refractivity contribution in [3.05, 3.63) is 84.1 Å². The minimum atomic E-state index is -0.276. The number of aromatic nitrogens is 1. The van der Waals surface area contributed by atoms with Gasteiger partial charge in [0.15, 0.2) is 0 Å². The zero-order valence-electron chi connectivity index (χ0n) is 16.0. The van der Waals surface area contributed by atoms with Crippen molar-refractivity contribution in [3.63, 3.8) is 0 Å². The highest BCUT2D eigenvalue weighted by Gasteiger charge is 2.39. The predicted molar refractivity (Wildman–Crippen MR) is 111 cm³/mol. The largest absolute Gasteiger partial charge is 0.445 e. The number of para-hydroxylation sites is 1. The lowest BCUT2D eigenvalue weighted by atomic mass is 9.88. The van der Waals surface area contributed by atoms with Crippen LogP contribution in [0.2, 0.25) is 0 Å². The fourth-order valence-electron chi connectivity index (χ4n) is 4.25. The molecule has 2 bridgehead atoms. The van der Waals surface area contributed by atoms with Gasteiger partial charge < -0.3 is 9.47 Å². The van der Waals surface area contributed by atoms with Crippen LogP contribution in [0.5, 0.6) is 0 Å². The molecule has 29 heavy (non-hydrogen) atoms. The Bertz CT molecular complexity index is 1060. The van der Waals surface area contributed by atoms with Gasteiger partial charge in [0.2, 0.25) is 0 Å². The molecule has 2 unspecified atom stereocenters. The maximum atomic E-state index is 12.8. The van der Waals surface area contributed by atoms with Gasteiger partial charge in [-0.15, -0.1) is 0 Å². The molecule has 1 aromatic heterocycles. The number of carbonyl (C=O) groups excluding carboxylic acids is 1. The third-order valence-corrected chi connectivity index (χ3v) is 5.61. The SMILES string of the molecule is O=C(OCc1ccccc1)N1C2C=C(c3ccnc4ccccc34)CC1COC2. The summed E-state index contributed by atoms with van der Waals surface area (Å²) >= 11 is 0. The molecule has 0 spiro atoms. The molecular formula is C24H22N2O3. The fraction of sp³-hybridized carbons (Fsp3) is 0.250. The van der Waals surface area contributed by atoms with E-state index in [1.54, 1.807) is 0 Å². The molecule has 5 heteroatoms. The monoisotopic (exact) mass is 386 g/mol. The second kappa shape index (κ2) is 7.68. The first-order valence-corrected chi connectivity index (χ1v) is 9.91. The summed E-state index contributed by atoms with van der Waals surface area (Å²) in [5.41, 5.74) is 4.40. The summed E-state index contributed by atoms with van der Waals surface area (Å²) in [4.78, 5) is 19.2. The first-order valence-electron chi connectivity index (χ1n) is 9.91. The minimum Gasteiger partial charge on any atom is -0.445 e. The van der Waals surface area contributed by atoms with Gasteiger partial charge in [0.1, 0.15) is 6.61 Å². The van der Waals surface area contributed by atoms with E-state index in [0.717, 1.165) is 22.9 Å². The predicted octanol–water partition coefficient (Wildman–Crippen LogP) is 4.43. The van der Waals surface area contributed by atoms with E-state index in [2.05, 4.69) is 23.2 Å². The van der Waals surface area contributed by atoms with Crippen molar-refractivity contribution in [1.29, 1.82) is 0 Å². The normalized spacial score (nSPS) is 21.0. The van der Waals surface area contributed by atoms with Crippen molar-refractivity contribution in [1.82, 2.24) is 9.88 Å². The second-order valence-electron chi connectivity index (χ2n) is 7.48. The topological polar surface area (TPSA) is 51.7 Å². The zero-order valence-corrected chi connectivity index (χ0v) is 16.0. The van der Waals surface area contributed by atoms with E-state index in [4.69, 9.17) is 9.47 Å². The summed E-state index contributed by atoms with van der Waals surface area (Å²) in [6.07, 6.45) is 4.47. The van der Waals surface area contributed by atoms with Crippen molar-refractivity contribution in [2.75, 3.05) is 13.2 Å². The van der Waals surface area contributed by atoms with E-state index in [1.807, 2.05) is 59.6 Å². The lowest BCUT2D eigenvalue weighted by Crippen LogP contribution is -2.56. The molecule has 2 aliphatic rings. The van der Waals surface area contributed by atoms with E-state index >= 15 is 0 Å². The summed E-state index contributed by atoms with van der Waals surface area (Å²) in [5.74, 6) is 0. The van der Waals surface area contributed by atoms with Gasteiger partial charge in [-0.3, -0.25) is 9.88 Å².